The van der Waals surface area contributed by atoms with Gasteiger partial charge in [0, 0.05) is 8.07 Å². The Hall–Kier alpha value is 0.217. The van der Waals surface area contributed by atoms with Gasteiger partial charge in [-0.15, -0.1) is 0 Å². The van der Waals surface area contributed by atoms with Gasteiger partial charge in [0.05, 0.1) is 0 Å². The van der Waals surface area contributed by atoms with Crippen molar-refractivity contribution in [3.05, 3.63) is 0 Å². The smallest absolute Gasteiger partial charge is 0.0499 e. The molecule has 1 rings (SSSR count). The van der Waals surface area contributed by atoms with E-state index in [-0.39, 0.29) is 0 Å². The summed E-state index contributed by atoms with van der Waals surface area (Å²) in [5.41, 5.74) is 0. The van der Waals surface area contributed by atoms with Crippen LogP contribution in [0.1, 0.15) is 13.3 Å². The molecule has 0 spiro atoms. The second kappa shape index (κ2) is 1.62. The molecule has 0 bridgehead atoms. The van der Waals surface area contributed by atoms with Gasteiger partial charge in [-0.3, -0.25) is 0 Å². The van der Waals surface area contributed by atoms with Crippen LogP contribution < -0.4 is 0 Å². The van der Waals surface area contributed by atoms with Crippen LogP contribution in [0.25, 0.3) is 0 Å². The highest BCUT2D eigenvalue weighted by Gasteiger charge is 2.37. The zero-order valence-electron chi connectivity index (χ0n) is 5.33. The maximum Gasteiger partial charge on any atom is 0.0499 e. The Kier molecular flexibility index (Phi) is 1.24. The Morgan fingerprint density at radius 1 is 1.43 bits per heavy atom. The molecule has 0 radical (unpaired) electrons. The first-order valence-electron chi connectivity index (χ1n) is 3.27. The minimum atomic E-state index is -0.407. The summed E-state index contributed by atoms with van der Waals surface area (Å²) in [7, 11) is -0.407. The van der Waals surface area contributed by atoms with Gasteiger partial charge in [-0.05, 0) is 0 Å². The van der Waals surface area contributed by atoms with E-state index in [0.29, 0.717) is 0 Å². The molecule has 0 aliphatic carbocycles. The molecular weight excluding hydrogens is 100 g/mol. The summed E-state index contributed by atoms with van der Waals surface area (Å²) in [6.07, 6.45) is 1.43. The average Bonchev–Trinajstić information content (AvgIpc) is 2.22. The van der Waals surface area contributed by atoms with Crippen molar-refractivity contribution in [2.24, 2.45) is 0 Å². The lowest BCUT2D eigenvalue weighted by Gasteiger charge is -1.98. The number of rotatable bonds is 2. The van der Waals surface area contributed by atoms with Crippen LogP contribution in [-0.4, -0.2) is 8.07 Å². The average molecular weight is 114 g/mol. The van der Waals surface area contributed by atoms with Crippen molar-refractivity contribution in [3.63, 3.8) is 0 Å². The third-order valence-corrected chi connectivity index (χ3v) is 5.87. The molecule has 0 aromatic rings. The maximum absolute atomic E-state index is 2.52. The van der Waals surface area contributed by atoms with E-state index in [0.717, 1.165) is 0 Å². The highest BCUT2D eigenvalue weighted by molar-refractivity contribution is 6.88. The van der Waals surface area contributed by atoms with Gasteiger partial charge < -0.3 is 0 Å². The van der Waals surface area contributed by atoms with Crippen LogP contribution in [0.15, 0.2) is 0 Å². The van der Waals surface area contributed by atoms with E-state index in [1.807, 2.05) is 0 Å². The van der Waals surface area contributed by atoms with Crippen LogP contribution >= 0.6 is 0 Å². The van der Waals surface area contributed by atoms with Gasteiger partial charge >= 0.3 is 0 Å². The molecule has 7 heavy (non-hydrogen) atoms. The van der Waals surface area contributed by atoms with Crippen molar-refractivity contribution in [1.82, 2.24) is 0 Å². The minimum Gasteiger partial charge on any atom is -0.0692 e. The van der Waals surface area contributed by atoms with E-state index in [4.69, 9.17) is 0 Å². The zero-order valence-corrected chi connectivity index (χ0v) is 6.33. The van der Waals surface area contributed by atoms with Gasteiger partial charge in [-0.1, -0.05) is 38.0 Å². The highest BCUT2D eigenvalue weighted by atomic mass is 28.3. The molecule has 0 aromatic carbocycles. The van der Waals surface area contributed by atoms with E-state index in [9.17, 15) is 0 Å². The first kappa shape index (κ1) is 5.36. The Morgan fingerprint density at radius 3 is 2.14 bits per heavy atom. The first-order chi connectivity index (χ1) is 3.27. The fraction of sp³-hybridized carbons (Fsp3) is 1.00. The van der Waals surface area contributed by atoms with Crippen LogP contribution in [0.5, 0.6) is 0 Å². The number of hydrogen-bond donors (Lipinski definition) is 0. The molecule has 0 amide bonds. The summed E-state index contributed by atoms with van der Waals surface area (Å²) in [4.78, 5) is 0. The van der Waals surface area contributed by atoms with Crippen molar-refractivity contribution in [1.29, 1.82) is 0 Å². The molecule has 0 nitrogen and oxygen atoms in total. The normalized spacial score (nSPS) is 24.9. The van der Waals surface area contributed by atoms with Gasteiger partial charge in [-0.2, -0.15) is 0 Å². The molecule has 1 aliphatic heterocycles. The fourth-order valence-corrected chi connectivity index (χ4v) is 4.48. The zero-order chi connectivity index (χ0) is 5.33. The van der Waals surface area contributed by atoms with Crippen molar-refractivity contribution >= 4 is 8.07 Å². The van der Waals surface area contributed by atoms with Crippen LogP contribution in [0.3, 0.4) is 0 Å². The quantitative estimate of drug-likeness (QED) is 0.484. The van der Waals surface area contributed by atoms with Gasteiger partial charge in [0.2, 0.25) is 0 Å². The third kappa shape index (κ3) is 1.30. The SMILES string of the molecule is CCC[Si]1(C)CC1. The molecule has 0 saturated carbocycles. The predicted molar refractivity (Wildman–Crippen MR) is 36.3 cm³/mol. The van der Waals surface area contributed by atoms with Crippen molar-refractivity contribution < 1.29 is 0 Å². The lowest BCUT2D eigenvalue weighted by atomic mass is 10.6. The summed E-state index contributed by atoms with van der Waals surface area (Å²) >= 11 is 0. The van der Waals surface area contributed by atoms with Gasteiger partial charge in [-0.25, -0.2) is 0 Å². The van der Waals surface area contributed by atoms with Crippen molar-refractivity contribution in [2.45, 2.75) is 38.0 Å². The minimum absolute atomic E-state index is 0.407. The van der Waals surface area contributed by atoms with Gasteiger partial charge in [0.1, 0.15) is 0 Å². The van der Waals surface area contributed by atoms with Crippen LogP contribution in [0, 0.1) is 0 Å². The Bertz CT molecular complexity index is 64.6. The maximum atomic E-state index is 2.52. The molecule has 42 valence electrons. The molecule has 1 heteroatoms. The second-order valence-electron chi connectivity index (χ2n) is 3.06. The van der Waals surface area contributed by atoms with Crippen molar-refractivity contribution in [3.8, 4) is 0 Å². The molecule has 0 N–H and O–H groups in total. The Balaban J connectivity index is 2.13. The highest BCUT2D eigenvalue weighted by Crippen LogP contribution is 2.39. The van der Waals surface area contributed by atoms with Crippen LogP contribution in [-0.2, 0) is 0 Å². The Labute approximate surface area is 46.9 Å². The first-order valence-corrected chi connectivity index (χ1v) is 6.39. The Morgan fingerprint density at radius 2 is 2.00 bits per heavy atom. The lowest BCUT2D eigenvalue weighted by molar-refractivity contribution is 1.06. The number of hydrogen-bond acceptors (Lipinski definition) is 0. The molecule has 0 aromatic heterocycles. The van der Waals surface area contributed by atoms with E-state index in [1.54, 1.807) is 18.1 Å². The molecular formula is C6H14Si. The second-order valence-corrected chi connectivity index (χ2v) is 8.18. The van der Waals surface area contributed by atoms with Gasteiger partial charge in [0.15, 0.2) is 0 Å². The topological polar surface area (TPSA) is 0 Å². The fourth-order valence-electron chi connectivity index (χ4n) is 1.07. The molecule has 1 saturated heterocycles. The molecule has 1 fully saturated rings. The standard InChI is InChI=1S/C6H14Si/c1-3-4-7(2)5-6-7/h3-6H2,1-2H3. The van der Waals surface area contributed by atoms with Crippen molar-refractivity contribution in [2.75, 3.05) is 0 Å². The molecule has 0 unspecified atom stereocenters. The lowest BCUT2D eigenvalue weighted by Crippen LogP contribution is -2.04. The predicted octanol–water partition coefficient (Wildman–Crippen LogP) is 2.49. The molecule has 1 aliphatic rings. The third-order valence-electron chi connectivity index (χ3n) is 1.96. The summed E-state index contributed by atoms with van der Waals surface area (Å²) in [6.45, 7) is 4.83. The van der Waals surface area contributed by atoms with E-state index in [2.05, 4.69) is 13.5 Å². The molecule has 0 atom stereocenters. The van der Waals surface area contributed by atoms with Crippen LogP contribution in [0.2, 0.25) is 24.7 Å². The van der Waals surface area contributed by atoms with Crippen LogP contribution in [0.4, 0.5) is 0 Å². The summed E-state index contributed by atoms with van der Waals surface area (Å²) in [5, 5.41) is 0. The van der Waals surface area contributed by atoms with E-state index >= 15 is 0 Å². The largest absolute Gasteiger partial charge is 0.0692 e. The van der Waals surface area contributed by atoms with E-state index < -0.39 is 8.07 Å². The molecule has 1 heterocycles. The van der Waals surface area contributed by atoms with E-state index in [1.165, 1.54) is 6.42 Å². The summed E-state index contributed by atoms with van der Waals surface area (Å²) in [6, 6.07) is 4.84. The summed E-state index contributed by atoms with van der Waals surface area (Å²) in [5.74, 6) is 0. The monoisotopic (exact) mass is 114 g/mol. The van der Waals surface area contributed by atoms with Gasteiger partial charge in [0.25, 0.3) is 0 Å². The summed E-state index contributed by atoms with van der Waals surface area (Å²) < 4.78 is 0.